The fourth-order valence-electron chi connectivity index (χ4n) is 3.27. The Labute approximate surface area is 180 Å². The summed E-state index contributed by atoms with van der Waals surface area (Å²) in [6.45, 7) is 0.207. The average Bonchev–Trinajstić information content (AvgIpc) is 2.72. The summed E-state index contributed by atoms with van der Waals surface area (Å²) in [7, 11) is -3.48. The molecule has 3 aromatic rings. The van der Waals surface area contributed by atoms with Crippen molar-refractivity contribution in [2.24, 2.45) is 0 Å². The molecule has 1 aliphatic heterocycles. The van der Waals surface area contributed by atoms with Crippen LogP contribution in [0, 0.1) is 0 Å². The largest absolute Gasteiger partial charge is 0.484 e. The highest BCUT2D eigenvalue weighted by molar-refractivity contribution is 7.92. The highest BCUT2D eigenvalue weighted by atomic mass is 35.5. The van der Waals surface area contributed by atoms with Crippen LogP contribution in [-0.4, -0.2) is 44.2 Å². The highest BCUT2D eigenvalue weighted by Crippen LogP contribution is 2.26. The van der Waals surface area contributed by atoms with E-state index in [0.29, 0.717) is 10.8 Å². The average molecular weight is 442 g/mol. The summed E-state index contributed by atoms with van der Waals surface area (Å²) in [4.78, 5) is 14.0. The van der Waals surface area contributed by atoms with Gasteiger partial charge in [0.15, 0.2) is 16.4 Å². The Bertz CT molecular complexity index is 1120. The smallest absolute Gasteiger partial charge is 0.260 e. The molecule has 0 atom stereocenters. The van der Waals surface area contributed by atoms with E-state index in [1.54, 1.807) is 12.1 Å². The number of halogens is 1. The first-order chi connectivity index (χ1) is 14.4. The van der Waals surface area contributed by atoms with E-state index in [1.165, 1.54) is 17.0 Å². The fraction of sp³-hybridized carbons (Fsp3) is 0.174. The Morgan fingerprint density at radius 2 is 1.50 bits per heavy atom. The Hall–Kier alpha value is -2.83. The first-order valence-corrected chi connectivity index (χ1v) is 11.4. The van der Waals surface area contributed by atoms with Gasteiger partial charge in [-0.15, -0.1) is 0 Å². The van der Waals surface area contributed by atoms with Crippen molar-refractivity contribution in [3.8, 4) is 16.9 Å². The number of hydrogen-bond donors (Lipinski definition) is 0. The summed E-state index contributed by atoms with van der Waals surface area (Å²) in [5.41, 5.74) is 2.17. The first-order valence-electron chi connectivity index (χ1n) is 9.49. The zero-order chi connectivity index (χ0) is 21.1. The molecule has 4 rings (SSSR count). The van der Waals surface area contributed by atoms with Crippen molar-refractivity contribution < 1.29 is 17.9 Å². The predicted molar refractivity (Wildman–Crippen MR) is 116 cm³/mol. The minimum absolute atomic E-state index is 0.127. The van der Waals surface area contributed by atoms with E-state index in [1.807, 2.05) is 54.6 Å². The van der Waals surface area contributed by atoms with E-state index in [-0.39, 0.29) is 30.5 Å². The van der Waals surface area contributed by atoms with Gasteiger partial charge in [-0.1, -0.05) is 54.1 Å². The molecule has 0 aromatic heterocycles. The molecular weight excluding hydrogens is 422 g/mol. The number of nitrogens with zero attached hydrogens (tertiary/aromatic N) is 1. The second-order valence-corrected chi connectivity index (χ2v) is 9.76. The third-order valence-corrected chi connectivity index (χ3v) is 7.46. The molecule has 0 bridgehead atoms. The molecule has 1 saturated heterocycles. The van der Waals surface area contributed by atoms with Gasteiger partial charge in [0.05, 0.1) is 4.90 Å². The van der Waals surface area contributed by atoms with Crippen molar-refractivity contribution >= 4 is 27.3 Å². The van der Waals surface area contributed by atoms with Crippen LogP contribution in [0.1, 0.15) is 0 Å². The zero-order valence-electron chi connectivity index (χ0n) is 16.1. The number of carbonyl (C=O) groups is 1. The van der Waals surface area contributed by atoms with Crippen molar-refractivity contribution in [2.75, 3.05) is 19.7 Å². The number of likely N-dealkylation sites (tertiary alicyclic amines) is 1. The molecule has 7 heteroatoms. The zero-order valence-corrected chi connectivity index (χ0v) is 17.6. The third-order valence-electron chi connectivity index (χ3n) is 5.11. The normalized spacial score (nSPS) is 14.2. The minimum atomic E-state index is -3.48. The van der Waals surface area contributed by atoms with Gasteiger partial charge in [0, 0.05) is 18.1 Å². The second kappa shape index (κ2) is 8.50. The first kappa shape index (κ1) is 20.4. The van der Waals surface area contributed by atoms with Gasteiger partial charge >= 0.3 is 0 Å². The van der Waals surface area contributed by atoms with Crippen molar-refractivity contribution in [1.82, 2.24) is 4.90 Å². The molecule has 3 aromatic carbocycles. The summed E-state index contributed by atoms with van der Waals surface area (Å²) in [6, 6.07) is 23.6. The molecule has 0 saturated carbocycles. The molecule has 154 valence electrons. The Kier molecular flexibility index (Phi) is 5.79. The van der Waals surface area contributed by atoms with E-state index in [9.17, 15) is 13.2 Å². The molecule has 0 spiro atoms. The van der Waals surface area contributed by atoms with Gasteiger partial charge in [-0.05, 0) is 47.5 Å². The van der Waals surface area contributed by atoms with Gasteiger partial charge in [0.25, 0.3) is 5.91 Å². The van der Waals surface area contributed by atoms with E-state index in [4.69, 9.17) is 16.3 Å². The summed E-state index contributed by atoms with van der Waals surface area (Å²) in [5.74, 6) is 0.360. The van der Waals surface area contributed by atoms with Crippen LogP contribution in [0.4, 0.5) is 0 Å². The van der Waals surface area contributed by atoms with Crippen molar-refractivity contribution in [3.63, 3.8) is 0 Å². The van der Waals surface area contributed by atoms with Crippen LogP contribution in [0.15, 0.2) is 83.8 Å². The summed E-state index contributed by atoms with van der Waals surface area (Å²) in [5, 5.41) is -0.124. The summed E-state index contributed by atoms with van der Waals surface area (Å²) >= 11 is 5.82. The lowest BCUT2D eigenvalue weighted by molar-refractivity contribution is -0.136. The van der Waals surface area contributed by atoms with E-state index < -0.39 is 15.1 Å². The quantitative estimate of drug-likeness (QED) is 0.578. The molecule has 5 nitrogen and oxygen atoms in total. The Morgan fingerprint density at radius 3 is 2.13 bits per heavy atom. The molecule has 0 unspecified atom stereocenters. The predicted octanol–water partition coefficient (Wildman–Crippen LogP) is 4.07. The lowest BCUT2D eigenvalue weighted by Gasteiger charge is -2.38. The standard InChI is InChI=1S/C23H20ClNO4S/c24-19-8-12-21(13-9-19)30(27,28)22-14-25(15-22)23(26)16-29-20-10-6-18(7-11-20)17-4-2-1-3-5-17/h1-13,22H,14-16H2. The van der Waals surface area contributed by atoms with Crippen LogP contribution in [0.25, 0.3) is 11.1 Å². The lowest BCUT2D eigenvalue weighted by atomic mass is 10.1. The van der Waals surface area contributed by atoms with E-state index >= 15 is 0 Å². The lowest BCUT2D eigenvalue weighted by Crippen LogP contribution is -2.57. The Balaban J connectivity index is 1.29. The number of benzene rings is 3. The van der Waals surface area contributed by atoms with Crippen molar-refractivity contribution in [1.29, 1.82) is 0 Å². The van der Waals surface area contributed by atoms with Crippen LogP contribution >= 0.6 is 11.6 Å². The van der Waals surface area contributed by atoms with Crippen LogP contribution in [0.5, 0.6) is 5.75 Å². The third kappa shape index (κ3) is 4.35. The topological polar surface area (TPSA) is 63.7 Å². The van der Waals surface area contributed by atoms with E-state index in [2.05, 4.69) is 0 Å². The molecule has 0 radical (unpaired) electrons. The summed E-state index contributed by atoms with van der Waals surface area (Å²) in [6.07, 6.45) is 0. The number of rotatable bonds is 6. The van der Waals surface area contributed by atoms with Gasteiger partial charge in [-0.3, -0.25) is 4.79 Å². The van der Waals surface area contributed by atoms with Crippen LogP contribution in [-0.2, 0) is 14.6 Å². The Morgan fingerprint density at radius 1 is 0.900 bits per heavy atom. The maximum atomic E-state index is 12.6. The van der Waals surface area contributed by atoms with Crippen molar-refractivity contribution in [3.05, 3.63) is 83.9 Å². The highest BCUT2D eigenvalue weighted by Gasteiger charge is 2.40. The monoisotopic (exact) mass is 441 g/mol. The maximum Gasteiger partial charge on any atom is 0.260 e. The number of ether oxygens (including phenoxy) is 1. The van der Waals surface area contributed by atoms with Gasteiger partial charge in [-0.2, -0.15) is 0 Å². The van der Waals surface area contributed by atoms with Crippen molar-refractivity contribution in [2.45, 2.75) is 10.1 Å². The molecule has 0 aliphatic carbocycles. The van der Waals surface area contributed by atoms with Gasteiger partial charge in [0.2, 0.25) is 0 Å². The SMILES string of the molecule is O=C(COc1ccc(-c2ccccc2)cc1)N1CC(S(=O)(=O)c2ccc(Cl)cc2)C1. The van der Waals surface area contributed by atoms with Crippen LogP contribution in [0.2, 0.25) is 5.02 Å². The fourth-order valence-corrected chi connectivity index (χ4v) is 5.04. The number of amides is 1. The van der Waals surface area contributed by atoms with Gasteiger partial charge < -0.3 is 9.64 Å². The summed E-state index contributed by atoms with van der Waals surface area (Å²) < 4.78 is 30.8. The second-order valence-electron chi connectivity index (χ2n) is 7.10. The molecule has 1 fully saturated rings. The van der Waals surface area contributed by atoms with Gasteiger partial charge in [-0.25, -0.2) is 8.42 Å². The minimum Gasteiger partial charge on any atom is -0.484 e. The number of carbonyl (C=O) groups excluding carboxylic acids is 1. The molecule has 1 heterocycles. The van der Waals surface area contributed by atoms with Crippen LogP contribution < -0.4 is 4.74 Å². The molecule has 0 N–H and O–H groups in total. The molecule has 1 aliphatic rings. The molecule has 30 heavy (non-hydrogen) atoms. The van der Waals surface area contributed by atoms with Gasteiger partial charge in [0.1, 0.15) is 11.0 Å². The molecule has 1 amide bonds. The number of sulfone groups is 1. The van der Waals surface area contributed by atoms with Crippen LogP contribution in [0.3, 0.4) is 0 Å². The molecular formula is C23H20ClNO4S. The van der Waals surface area contributed by atoms with E-state index in [0.717, 1.165) is 11.1 Å². The number of hydrogen-bond acceptors (Lipinski definition) is 4. The maximum absolute atomic E-state index is 12.6.